The van der Waals surface area contributed by atoms with E-state index in [1.165, 1.54) is 17.4 Å². The van der Waals surface area contributed by atoms with E-state index >= 15 is 0 Å². The number of amides is 1. The van der Waals surface area contributed by atoms with E-state index in [1.807, 2.05) is 48.5 Å². The van der Waals surface area contributed by atoms with E-state index in [1.54, 1.807) is 29.3 Å². The number of anilines is 1. The smallest absolute Gasteiger partial charge is 0.253 e. The second kappa shape index (κ2) is 8.74. The van der Waals surface area contributed by atoms with Gasteiger partial charge in [-0.2, -0.15) is 0 Å². The van der Waals surface area contributed by atoms with Crippen LogP contribution in [0.2, 0.25) is 10.0 Å². The molecule has 0 unspecified atom stereocenters. The van der Waals surface area contributed by atoms with Crippen molar-refractivity contribution in [3.05, 3.63) is 94.2 Å². The van der Waals surface area contributed by atoms with Crippen LogP contribution in [0.15, 0.2) is 72.9 Å². The molecule has 4 nitrogen and oxygen atoms in total. The summed E-state index contributed by atoms with van der Waals surface area (Å²) in [6.45, 7) is 0.306. The predicted octanol–water partition coefficient (Wildman–Crippen LogP) is 6.24. The first kappa shape index (κ1) is 19.6. The molecule has 4 rings (SSSR count). The van der Waals surface area contributed by atoms with Crippen molar-refractivity contribution in [3.63, 3.8) is 0 Å². The Kier molecular flexibility index (Phi) is 5.90. The van der Waals surface area contributed by atoms with Gasteiger partial charge in [0.05, 0.1) is 22.5 Å². The number of carbonyl (C=O) groups is 1. The maximum absolute atomic E-state index is 13.1. The van der Waals surface area contributed by atoms with Gasteiger partial charge in [-0.3, -0.25) is 14.7 Å². The summed E-state index contributed by atoms with van der Waals surface area (Å²) < 4.78 is 0.918. The van der Waals surface area contributed by atoms with Crippen molar-refractivity contribution in [3.8, 4) is 0 Å². The first-order chi connectivity index (χ1) is 14.1. The molecular weight excluding hydrogens is 425 g/mol. The van der Waals surface area contributed by atoms with E-state index in [-0.39, 0.29) is 5.91 Å². The number of thiazole rings is 1. The van der Waals surface area contributed by atoms with Gasteiger partial charge in [-0.05, 0) is 48.0 Å². The number of nitrogens with zero attached hydrogens (tertiary/aromatic N) is 3. The van der Waals surface area contributed by atoms with Crippen LogP contribution in [-0.2, 0) is 11.3 Å². The second-order valence-electron chi connectivity index (χ2n) is 6.21. The molecule has 0 aliphatic rings. The lowest BCUT2D eigenvalue weighted by atomic mass is 10.2. The van der Waals surface area contributed by atoms with Crippen LogP contribution in [0, 0.1) is 0 Å². The van der Waals surface area contributed by atoms with Gasteiger partial charge < -0.3 is 0 Å². The maximum atomic E-state index is 13.1. The lowest BCUT2D eigenvalue weighted by Crippen LogP contribution is -2.29. The van der Waals surface area contributed by atoms with Crippen LogP contribution < -0.4 is 4.90 Å². The maximum Gasteiger partial charge on any atom is 0.253 e. The third-order valence-electron chi connectivity index (χ3n) is 4.19. The zero-order chi connectivity index (χ0) is 20.2. The monoisotopic (exact) mass is 439 g/mol. The number of rotatable bonds is 5. The molecule has 2 aromatic heterocycles. The number of pyridine rings is 1. The quantitative estimate of drug-likeness (QED) is 0.345. The van der Waals surface area contributed by atoms with Gasteiger partial charge in [-0.15, -0.1) is 0 Å². The molecule has 1 amide bonds. The molecule has 0 fully saturated rings. The van der Waals surface area contributed by atoms with Crippen LogP contribution in [0.5, 0.6) is 0 Å². The molecule has 0 aliphatic carbocycles. The number of aromatic nitrogens is 2. The first-order valence-electron chi connectivity index (χ1n) is 8.80. The topological polar surface area (TPSA) is 46.1 Å². The number of fused-ring (bicyclic) bond motifs is 1. The summed E-state index contributed by atoms with van der Waals surface area (Å²) in [4.78, 5) is 23.7. The number of benzene rings is 2. The van der Waals surface area contributed by atoms with E-state index in [0.29, 0.717) is 21.7 Å². The van der Waals surface area contributed by atoms with Gasteiger partial charge in [0.15, 0.2) is 5.13 Å². The molecule has 0 N–H and O–H groups in total. The molecule has 144 valence electrons. The average molecular weight is 440 g/mol. The van der Waals surface area contributed by atoms with Gasteiger partial charge in [0.1, 0.15) is 0 Å². The van der Waals surface area contributed by atoms with Crippen molar-refractivity contribution < 1.29 is 4.79 Å². The Morgan fingerprint density at radius 2 is 1.90 bits per heavy atom. The summed E-state index contributed by atoms with van der Waals surface area (Å²) in [5.74, 6) is -0.208. The Morgan fingerprint density at radius 1 is 1.07 bits per heavy atom. The Balaban J connectivity index is 1.69. The third-order valence-corrected chi connectivity index (χ3v) is 5.81. The molecule has 4 aromatic rings. The summed E-state index contributed by atoms with van der Waals surface area (Å²) in [6.07, 6.45) is 4.92. The Bertz CT molecular complexity index is 1190. The van der Waals surface area contributed by atoms with E-state index in [0.717, 1.165) is 21.5 Å². The number of hydrogen-bond acceptors (Lipinski definition) is 4. The SMILES string of the molecule is O=C(/C=C/c1ccccc1Cl)N(Cc1ccccn1)c1nc2ccc(Cl)cc2s1. The molecular formula is C22H15Cl2N3OS. The van der Waals surface area contributed by atoms with Gasteiger partial charge in [0, 0.05) is 22.3 Å². The Hall–Kier alpha value is -2.73. The highest BCUT2D eigenvalue weighted by atomic mass is 35.5. The minimum atomic E-state index is -0.208. The molecule has 2 aromatic carbocycles. The van der Waals surface area contributed by atoms with E-state index in [9.17, 15) is 4.79 Å². The highest BCUT2D eigenvalue weighted by Gasteiger charge is 2.19. The highest BCUT2D eigenvalue weighted by Crippen LogP contribution is 2.31. The predicted molar refractivity (Wildman–Crippen MR) is 121 cm³/mol. The van der Waals surface area contributed by atoms with E-state index in [2.05, 4.69) is 9.97 Å². The van der Waals surface area contributed by atoms with E-state index < -0.39 is 0 Å². The molecule has 29 heavy (non-hydrogen) atoms. The van der Waals surface area contributed by atoms with Crippen LogP contribution in [0.1, 0.15) is 11.3 Å². The fraction of sp³-hybridized carbons (Fsp3) is 0.0455. The Morgan fingerprint density at radius 3 is 2.69 bits per heavy atom. The van der Waals surface area contributed by atoms with Gasteiger partial charge >= 0.3 is 0 Å². The summed E-state index contributed by atoms with van der Waals surface area (Å²) in [5.41, 5.74) is 2.34. The lowest BCUT2D eigenvalue weighted by Gasteiger charge is -2.17. The normalized spacial score (nSPS) is 11.2. The number of carbonyl (C=O) groups excluding carboxylic acids is 1. The molecule has 0 bridgehead atoms. The lowest BCUT2D eigenvalue weighted by molar-refractivity contribution is -0.114. The first-order valence-corrected chi connectivity index (χ1v) is 10.4. The van der Waals surface area contributed by atoms with Crippen molar-refractivity contribution >= 4 is 61.9 Å². The highest BCUT2D eigenvalue weighted by molar-refractivity contribution is 7.22. The zero-order valence-electron chi connectivity index (χ0n) is 15.1. The molecule has 0 aliphatic heterocycles. The van der Waals surface area contributed by atoms with Crippen LogP contribution in [-0.4, -0.2) is 15.9 Å². The molecule has 0 radical (unpaired) electrons. The van der Waals surface area contributed by atoms with E-state index in [4.69, 9.17) is 23.2 Å². The molecule has 0 saturated carbocycles. The van der Waals surface area contributed by atoms with Crippen LogP contribution >= 0.6 is 34.5 Å². The van der Waals surface area contributed by atoms with Crippen LogP contribution in [0.4, 0.5) is 5.13 Å². The van der Waals surface area contributed by atoms with Gasteiger partial charge in [0.2, 0.25) is 0 Å². The minimum absolute atomic E-state index is 0.208. The molecule has 0 atom stereocenters. The minimum Gasteiger partial charge on any atom is -0.278 e. The molecule has 0 saturated heterocycles. The van der Waals surface area contributed by atoms with Crippen molar-refractivity contribution in [2.75, 3.05) is 4.90 Å². The summed E-state index contributed by atoms with van der Waals surface area (Å²) in [5, 5.41) is 1.80. The summed E-state index contributed by atoms with van der Waals surface area (Å²) in [6, 6.07) is 18.5. The largest absolute Gasteiger partial charge is 0.278 e. The number of halogens is 2. The van der Waals surface area contributed by atoms with Crippen LogP contribution in [0.3, 0.4) is 0 Å². The third kappa shape index (κ3) is 4.65. The van der Waals surface area contributed by atoms with Crippen LogP contribution in [0.25, 0.3) is 16.3 Å². The summed E-state index contributed by atoms with van der Waals surface area (Å²) in [7, 11) is 0. The number of hydrogen-bond donors (Lipinski definition) is 0. The van der Waals surface area contributed by atoms with Crippen molar-refractivity contribution in [2.45, 2.75) is 6.54 Å². The molecule has 2 heterocycles. The Labute approximate surface area is 182 Å². The fourth-order valence-corrected chi connectivity index (χ4v) is 4.20. The van der Waals surface area contributed by atoms with Crippen molar-refractivity contribution in [1.29, 1.82) is 0 Å². The zero-order valence-corrected chi connectivity index (χ0v) is 17.5. The summed E-state index contributed by atoms with van der Waals surface area (Å²) >= 11 is 13.7. The van der Waals surface area contributed by atoms with Crippen molar-refractivity contribution in [2.24, 2.45) is 0 Å². The van der Waals surface area contributed by atoms with Gasteiger partial charge in [-0.25, -0.2) is 4.98 Å². The fourth-order valence-electron chi connectivity index (χ4n) is 2.76. The second-order valence-corrected chi connectivity index (χ2v) is 8.06. The molecule has 0 spiro atoms. The van der Waals surface area contributed by atoms with Gasteiger partial charge in [-0.1, -0.05) is 58.8 Å². The standard InChI is InChI=1S/C22H15Cl2N3OS/c23-16-9-10-19-20(13-16)29-22(26-19)27(14-17-6-3-4-12-25-17)21(28)11-8-15-5-1-2-7-18(15)24/h1-13H,14H2/b11-8+. The molecule has 7 heteroatoms. The van der Waals surface area contributed by atoms with Crippen molar-refractivity contribution in [1.82, 2.24) is 9.97 Å². The average Bonchev–Trinajstić information content (AvgIpc) is 3.14. The van der Waals surface area contributed by atoms with Gasteiger partial charge in [0.25, 0.3) is 5.91 Å².